The monoisotopic (exact) mass is 494 g/mol. The topological polar surface area (TPSA) is 119 Å². The minimum atomic E-state index is -0.340. The molecule has 186 valence electrons. The average Bonchev–Trinajstić information content (AvgIpc) is 3.48. The minimum Gasteiger partial charge on any atom is -0.349 e. The molecule has 0 spiro atoms. The van der Waals surface area contributed by atoms with Gasteiger partial charge in [0.1, 0.15) is 17.1 Å². The average molecular weight is 495 g/mol. The van der Waals surface area contributed by atoms with Crippen LogP contribution in [0.15, 0.2) is 73.1 Å². The first-order chi connectivity index (χ1) is 17.9. The first-order valence-corrected chi connectivity index (χ1v) is 11.9. The molecule has 0 unspecified atom stereocenters. The molecule has 0 aliphatic heterocycles. The molecule has 0 atom stereocenters. The van der Waals surface area contributed by atoms with Gasteiger partial charge in [0, 0.05) is 18.4 Å². The Bertz CT molecular complexity index is 1570. The van der Waals surface area contributed by atoms with Gasteiger partial charge in [-0.25, -0.2) is 4.98 Å². The number of nitrogens with zero attached hydrogens (tertiary/aromatic N) is 6. The molecule has 0 fully saturated rings. The van der Waals surface area contributed by atoms with Gasteiger partial charge in [-0.1, -0.05) is 24.3 Å². The SMILES string of the molecule is Cc1nn(-c2ccccc2)nc1CNC(=O)c1cccn2c(C(=O)NC(C)C)c(-c3ccccn3)nc12. The van der Waals surface area contributed by atoms with Gasteiger partial charge in [0.15, 0.2) is 5.65 Å². The molecule has 0 saturated carbocycles. The predicted octanol–water partition coefficient (Wildman–Crippen LogP) is 3.35. The Morgan fingerprint density at radius 1 is 0.946 bits per heavy atom. The summed E-state index contributed by atoms with van der Waals surface area (Å²) in [5.74, 6) is -0.637. The van der Waals surface area contributed by atoms with Crippen LogP contribution in [0.25, 0.3) is 22.7 Å². The minimum absolute atomic E-state index is 0.0753. The fraction of sp³-hybridized carbons (Fsp3) is 0.185. The van der Waals surface area contributed by atoms with Crippen LogP contribution in [-0.2, 0) is 6.54 Å². The van der Waals surface area contributed by atoms with Crippen LogP contribution < -0.4 is 10.6 Å². The van der Waals surface area contributed by atoms with E-state index in [1.807, 2.05) is 57.2 Å². The zero-order valence-corrected chi connectivity index (χ0v) is 20.7. The van der Waals surface area contributed by atoms with Crippen molar-refractivity contribution in [2.45, 2.75) is 33.4 Å². The van der Waals surface area contributed by atoms with Crippen molar-refractivity contribution in [3.8, 4) is 17.1 Å². The van der Waals surface area contributed by atoms with E-state index in [1.165, 1.54) is 0 Å². The highest BCUT2D eigenvalue weighted by atomic mass is 16.2. The molecule has 0 aliphatic rings. The number of carbonyl (C=O) groups excluding carboxylic acids is 2. The van der Waals surface area contributed by atoms with Crippen molar-refractivity contribution in [3.63, 3.8) is 0 Å². The number of carbonyl (C=O) groups is 2. The third-order valence-corrected chi connectivity index (χ3v) is 5.72. The summed E-state index contributed by atoms with van der Waals surface area (Å²) in [4.78, 5) is 37.1. The molecular formula is C27H26N8O2. The van der Waals surface area contributed by atoms with E-state index in [0.29, 0.717) is 39.7 Å². The van der Waals surface area contributed by atoms with E-state index in [-0.39, 0.29) is 24.4 Å². The van der Waals surface area contributed by atoms with E-state index in [2.05, 4.69) is 25.8 Å². The summed E-state index contributed by atoms with van der Waals surface area (Å²) in [7, 11) is 0. The molecule has 10 heteroatoms. The predicted molar refractivity (Wildman–Crippen MR) is 138 cm³/mol. The summed E-state index contributed by atoms with van der Waals surface area (Å²) in [5, 5.41) is 14.8. The van der Waals surface area contributed by atoms with Gasteiger partial charge >= 0.3 is 0 Å². The molecule has 5 rings (SSSR count). The standard InChI is InChI=1S/C27H26N8O2/c1-17(2)30-27(37)24-23(21-13-7-8-14-28-21)31-25-20(12-9-15-34(24)25)26(36)29-16-22-18(3)32-35(33-22)19-10-5-4-6-11-19/h4-15,17H,16H2,1-3H3,(H,29,36)(H,30,37). The fourth-order valence-corrected chi connectivity index (χ4v) is 3.98. The van der Waals surface area contributed by atoms with E-state index in [1.54, 1.807) is 45.9 Å². The second kappa shape index (κ2) is 10.0. The van der Waals surface area contributed by atoms with E-state index in [0.717, 1.165) is 5.69 Å². The van der Waals surface area contributed by atoms with Crippen molar-refractivity contribution < 1.29 is 9.59 Å². The van der Waals surface area contributed by atoms with Crippen LogP contribution in [0.2, 0.25) is 0 Å². The molecule has 2 amide bonds. The highest BCUT2D eigenvalue weighted by Gasteiger charge is 2.25. The second-order valence-electron chi connectivity index (χ2n) is 8.81. The molecule has 5 aromatic rings. The maximum atomic E-state index is 13.3. The van der Waals surface area contributed by atoms with Gasteiger partial charge in [-0.2, -0.15) is 15.0 Å². The number of para-hydroxylation sites is 1. The van der Waals surface area contributed by atoms with Gasteiger partial charge in [0.2, 0.25) is 0 Å². The van der Waals surface area contributed by atoms with Gasteiger partial charge in [0.05, 0.1) is 29.2 Å². The van der Waals surface area contributed by atoms with Crippen LogP contribution in [0.5, 0.6) is 0 Å². The Morgan fingerprint density at radius 2 is 1.73 bits per heavy atom. The molecule has 0 saturated heterocycles. The van der Waals surface area contributed by atoms with Crippen molar-refractivity contribution in [1.82, 2.24) is 40.0 Å². The lowest BCUT2D eigenvalue weighted by Gasteiger charge is -2.10. The number of pyridine rings is 2. The Hall–Kier alpha value is -4.86. The van der Waals surface area contributed by atoms with Crippen LogP contribution in [0.1, 0.15) is 46.1 Å². The lowest BCUT2D eigenvalue weighted by atomic mass is 10.2. The number of nitrogens with one attached hydrogen (secondary N) is 2. The van der Waals surface area contributed by atoms with Crippen LogP contribution in [-0.4, -0.2) is 47.2 Å². The zero-order valence-electron chi connectivity index (χ0n) is 20.7. The van der Waals surface area contributed by atoms with E-state index < -0.39 is 0 Å². The highest BCUT2D eigenvalue weighted by Crippen LogP contribution is 2.25. The molecule has 0 bridgehead atoms. The van der Waals surface area contributed by atoms with E-state index in [4.69, 9.17) is 4.98 Å². The van der Waals surface area contributed by atoms with Crippen molar-refractivity contribution in [2.75, 3.05) is 0 Å². The number of aromatic nitrogens is 6. The Labute approximate surface area is 213 Å². The van der Waals surface area contributed by atoms with Crippen molar-refractivity contribution >= 4 is 17.5 Å². The summed E-state index contributed by atoms with van der Waals surface area (Å²) in [5.41, 5.74) is 4.15. The molecule has 1 aromatic carbocycles. The third kappa shape index (κ3) is 4.81. The van der Waals surface area contributed by atoms with Crippen LogP contribution in [0.4, 0.5) is 0 Å². The van der Waals surface area contributed by atoms with Crippen LogP contribution >= 0.6 is 0 Å². The van der Waals surface area contributed by atoms with Crippen molar-refractivity contribution in [2.24, 2.45) is 0 Å². The molecule has 4 aromatic heterocycles. The number of imidazole rings is 1. The van der Waals surface area contributed by atoms with Gasteiger partial charge in [0.25, 0.3) is 11.8 Å². The van der Waals surface area contributed by atoms with Gasteiger partial charge in [-0.3, -0.25) is 19.0 Å². The fourth-order valence-electron chi connectivity index (χ4n) is 3.98. The lowest BCUT2D eigenvalue weighted by molar-refractivity contribution is 0.0932. The molecule has 0 aliphatic carbocycles. The first kappa shape index (κ1) is 23.9. The number of aryl methyl sites for hydroxylation is 1. The molecular weight excluding hydrogens is 468 g/mol. The number of rotatable bonds is 7. The largest absolute Gasteiger partial charge is 0.349 e. The summed E-state index contributed by atoms with van der Waals surface area (Å²) < 4.78 is 1.63. The summed E-state index contributed by atoms with van der Waals surface area (Å²) in [6.45, 7) is 5.81. The lowest BCUT2D eigenvalue weighted by Crippen LogP contribution is -2.31. The molecule has 0 radical (unpaired) electrons. The quantitative estimate of drug-likeness (QED) is 0.358. The van der Waals surface area contributed by atoms with Crippen LogP contribution in [0.3, 0.4) is 0 Å². The molecule has 37 heavy (non-hydrogen) atoms. The van der Waals surface area contributed by atoms with E-state index in [9.17, 15) is 9.59 Å². The number of hydrogen-bond donors (Lipinski definition) is 2. The third-order valence-electron chi connectivity index (χ3n) is 5.72. The first-order valence-electron chi connectivity index (χ1n) is 11.9. The molecule has 2 N–H and O–H groups in total. The van der Waals surface area contributed by atoms with Crippen LogP contribution in [0, 0.1) is 6.92 Å². The van der Waals surface area contributed by atoms with E-state index >= 15 is 0 Å². The molecule has 10 nitrogen and oxygen atoms in total. The number of fused-ring (bicyclic) bond motifs is 1. The van der Waals surface area contributed by atoms with Crippen molar-refractivity contribution in [1.29, 1.82) is 0 Å². The Balaban J connectivity index is 1.47. The number of benzene rings is 1. The maximum absolute atomic E-state index is 13.3. The van der Waals surface area contributed by atoms with Crippen molar-refractivity contribution in [3.05, 3.63) is 95.7 Å². The number of amides is 2. The Morgan fingerprint density at radius 3 is 2.46 bits per heavy atom. The van der Waals surface area contributed by atoms with Gasteiger partial charge in [-0.05, 0) is 57.2 Å². The maximum Gasteiger partial charge on any atom is 0.270 e. The van der Waals surface area contributed by atoms with Gasteiger partial charge < -0.3 is 10.6 Å². The smallest absolute Gasteiger partial charge is 0.270 e. The molecule has 4 heterocycles. The normalized spacial score (nSPS) is 11.1. The second-order valence-corrected chi connectivity index (χ2v) is 8.81. The summed E-state index contributed by atoms with van der Waals surface area (Å²) >= 11 is 0. The number of hydrogen-bond acceptors (Lipinski definition) is 6. The van der Waals surface area contributed by atoms with Gasteiger partial charge in [-0.15, -0.1) is 0 Å². The Kier molecular flexibility index (Phi) is 6.46. The zero-order chi connectivity index (χ0) is 25.9. The highest BCUT2D eigenvalue weighted by molar-refractivity contribution is 6.04. The summed E-state index contributed by atoms with van der Waals surface area (Å²) in [6, 6.07) is 18.3. The summed E-state index contributed by atoms with van der Waals surface area (Å²) in [6.07, 6.45) is 3.36.